The van der Waals surface area contributed by atoms with Gasteiger partial charge in [0.25, 0.3) is 0 Å². The molecule has 0 bridgehead atoms. The molecule has 0 unspecified atom stereocenters. The van der Waals surface area contributed by atoms with E-state index in [4.69, 9.17) is 4.74 Å². The van der Waals surface area contributed by atoms with Gasteiger partial charge >= 0.3 is 0 Å². The van der Waals surface area contributed by atoms with Gasteiger partial charge in [0.2, 0.25) is 11.8 Å². The number of piperidine rings is 1. The quantitative estimate of drug-likeness (QED) is 0.529. The molecule has 2 aliphatic heterocycles. The number of benzene rings is 1. The van der Waals surface area contributed by atoms with Crippen LogP contribution in [-0.2, 0) is 16.0 Å². The van der Waals surface area contributed by atoms with Crippen LogP contribution in [0, 0.1) is 5.41 Å². The zero-order chi connectivity index (χ0) is 18.7. The van der Waals surface area contributed by atoms with Crippen LogP contribution < -0.4 is 4.74 Å². The number of thioether (sulfide) groups is 1. The fraction of sp³-hybridized carbons (Fsp3) is 0.636. The van der Waals surface area contributed by atoms with Crippen LogP contribution in [0.1, 0.15) is 63.4 Å². The molecule has 1 aromatic carbocycles. The van der Waals surface area contributed by atoms with Gasteiger partial charge in [-0.15, -0.1) is 11.8 Å². The van der Waals surface area contributed by atoms with Crippen LogP contribution in [-0.4, -0.2) is 35.6 Å². The first-order chi connectivity index (χ1) is 13.2. The summed E-state index contributed by atoms with van der Waals surface area (Å²) in [5.41, 5.74) is 1.40. The van der Waals surface area contributed by atoms with Gasteiger partial charge in [0, 0.05) is 19.4 Å². The van der Waals surface area contributed by atoms with E-state index in [0.29, 0.717) is 26.0 Å². The summed E-state index contributed by atoms with van der Waals surface area (Å²) in [4.78, 5) is 27.8. The molecule has 2 fully saturated rings. The molecule has 4 nitrogen and oxygen atoms in total. The largest absolute Gasteiger partial charge is 0.492 e. The summed E-state index contributed by atoms with van der Waals surface area (Å²) in [5, 5.41) is 0. The Kier molecular flexibility index (Phi) is 5.76. The van der Waals surface area contributed by atoms with Crippen molar-refractivity contribution in [3.63, 3.8) is 0 Å². The lowest BCUT2D eigenvalue weighted by atomic mass is 9.76. The third-order valence-corrected chi connectivity index (χ3v) is 7.49. The van der Waals surface area contributed by atoms with Crippen molar-refractivity contribution in [3.05, 3.63) is 23.8 Å². The number of carbonyl (C=O) groups excluding carboxylic acids is 2. The SMILES string of the molecule is O=C1CC2(CCCC2)CC(=O)N1CCCCOc1cccc2c1SCCC2. The molecule has 1 spiro atoms. The molecule has 3 aliphatic rings. The third-order valence-electron chi connectivity index (χ3n) is 6.25. The summed E-state index contributed by atoms with van der Waals surface area (Å²) >= 11 is 1.89. The van der Waals surface area contributed by atoms with E-state index < -0.39 is 0 Å². The average molecular weight is 388 g/mol. The third kappa shape index (κ3) is 4.18. The average Bonchev–Trinajstić information content (AvgIpc) is 3.11. The number of unbranched alkanes of at least 4 members (excludes halogenated alkanes) is 1. The minimum atomic E-state index is -0.00214. The number of fused-ring (bicyclic) bond motifs is 1. The molecule has 2 amide bonds. The smallest absolute Gasteiger partial charge is 0.229 e. The summed E-state index contributed by atoms with van der Waals surface area (Å²) in [5.74, 6) is 2.24. The van der Waals surface area contributed by atoms with E-state index in [0.717, 1.165) is 43.6 Å². The van der Waals surface area contributed by atoms with Gasteiger partial charge in [0.05, 0.1) is 11.5 Å². The van der Waals surface area contributed by atoms with Crippen molar-refractivity contribution in [2.24, 2.45) is 5.41 Å². The van der Waals surface area contributed by atoms with E-state index >= 15 is 0 Å². The lowest BCUT2D eigenvalue weighted by Crippen LogP contribution is -2.47. The fourth-order valence-corrected chi connectivity index (χ4v) is 5.91. The number of amides is 2. The van der Waals surface area contributed by atoms with E-state index in [1.807, 2.05) is 11.8 Å². The van der Waals surface area contributed by atoms with Gasteiger partial charge in [0.15, 0.2) is 0 Å². The number of hydrogen-bond donors (Lipinski definition) is 0. The van der Waals surface area contributed by atoms with E-state index in [2.05, 4.69) is 18.2 Å². The summed E-state index contributed by atoms with van der Waals surface area (Å²) < 4.78 is 6.01. The molecule has 1 aromatic rings. The molecule has 2 heterocycles. The lowest BCUT2D eigenvalue weighted by Gasteiger charge is -2.37. The highest BCUT2D eigenvalue weighted by atomic mass is 32.2. The standard InChI is InChI=1S/C22H29NO3S/c24-19-15-22(10-1-2-11-22)16-20(25)23(19)12-3-4-13-26-18-9-5-7-17-8-6-14-27-21(17)18/h5,7,9H,1-4,6,8,10-16H2. The Labute approximate surface area is 166 Å². The number of ether oxygens (including phenoxy) is 1. The summed E-state index contributed by atoms with van der Waals surface area (Å²) in [6.45, 7) is 1.18. The van der Waals surface area contributed by atoms with Crippen LogP contribution in [0.5, 0.6) is 5.75 Å². The van der Waals surface area contributed by atoms with Gasteiger partial charge in [-0.3, -0.25) is 14.5 Å². The van der Waals surface area contributed by atoms with Crippen molar-refractivity contribution >= 4 is 23.6 Å². The predicted molar refractivity (Wildman–Crippen MR) is 107 cm³/mol. The number of likely N-dealkylation sites (tertiary alicyclic amines) is 1. The maximum atomic E-state index is 12.5. The van der Waals surface area contributed by atoms with E-state index in [1.165, 1.54) is 34.6 Å². The van der Waals surface area contributed by atoms with Crippen molar-refractivity contribution in [2.75, 3.05) is 18.9 Å². The fourth-order valence-electron chi connectivity index (χ4n) is 4.79. The molecule has 0 atom stereocenters. The molecule has 0 radical (unpaired) electrons. The normalized spacial score (nSPS) is 21.6. The topological polar surface area (TPSA) is 46.6 Å². The number of imide groups is 1. The van der Waals surface area contributed by atoms with Crippen molar-refractivity contribution in [3.8, 4) is 5.75 Å². The van der Waals surface area contributed by atoms with Gasteiger partial charge in [0.1, 0.15) is 5.75 Å². The Balaban J connectivity index is 1.23. The Bertz CT molecular complexity index is 692. The lowest BCUT2D eigenvalue weighted by molar-refractivity contribution is -0.153. The zero-order valence-electron chi connectivity index (χ0n) is 16.0. The molecule has 1 saturated heterocycles. The van der Waals surface area contributed by atoms with E-state index in [-0.39, 0.29) is 17.2 Å². The summed E-state index contributed by atoms with van der Waals surface area (Å²) in [6.07, 6.45) is 9.62. The number of rotatable bonds is 6. The first-order valence-electron chi connectivity index (χ1n) is 10.4. The Morgan fingerprint density at radius 3 is 2.59 bits per heavy atom. The number of carbonyl (C=O) groups is 2. The molecule has 1 aliphatic carbocycles. The number of hydrogen-bond acceptors (Lipinski definition) is 4. The molecule has 1 saturated carbocycles. The first-order valence-corrected chi connectivity index (χ1v) is 11.4. The molecule has 4 rings (SSSR count). The molecular weight excluding hydrogens is 358 g/mol. The Hall–Kier alpha value is -1.49. The molecular formula is C22H29NO3S. The molecule has 0 N–H and O–H groups in total. The van der Waals surface area contributed by atoms with Gasteiger partial charge in [-0.25, -0.2) is 0 Å². The van der Waals surface area contributed by atoms with Crippen LogP contribution in [0.4, 0.5) is 0 Å². The zero-order valence-corrected chi connectivity index (χ0v) is 16.8. The highest BCUT2D eigenvalue weighted by Crippen LogP contribution is 2.46. The van der Waals surface area contributed by atoms with E-state index in [1.54, 1.807) is 0 Å². The highest BCUT2D eigenvalue weighted by Gasteiger charge is 2.44. The van der Waals surface area contributed by atoms with Crippen molar-refractivity contribution < 1.29 is 14.3 Å². The van der Waals surface area contributed by atoms with Crippen molar-refractivity contribution in [2.45, 2.75) is 69.1 Å². The maximum absolute atomic E-state index is 12.5. The van der Waals surface area contributed by atoms with Crippen molar-refractivity contribution in [1.29, 1.82) is 0 Å². The minimum absolute atomic E-state index is 0.00214. The van der Waals surface area contributed by atoms with Gasteiger partial charge < -0.3 is 4.74 Å². The van der Waals surface area contributed by atoms with E-state index in [9.17, 15) is 9.59 Å². The Morgan fingerprint density at radius 2 is 1.81 bits per heavy atom. The predicted octanol–water partition coefficient (Wildman–Crippen LogP) is 4.59. The van der Waals surface area contributed by atoms with Crippen LogP contribution in [0.3, 0.4) is 0 Å². The molecule has 5 heteroatoms. The van der Waals surface area contributed by atoms with Gasteiger partial charge in [-0.05, 0) is 61.3 Å². The molecule has 27 heavy (non-hydrogen) atoms. The second-order valence-corrected chi connectivity index (χ2v) is 9.36. The van der Waals surface area contributed by atoms with Crippen LogP contribution in [0.25, 0.3) is 0 Å². The number of aryl methyl sites for hydroxylation is 1. The van der Waals surface area contributed by atoms with Gasteiger partial charge in [-0.2, -0.15) is 0 Å². The summed E-state index contributed by atoms with van der Waals surface area (Å²) in [6, 6.07) is 6.32. The minimum Gasteiger partial charge on any atom is -0.492 e. The molecule has 0 aromatic heterocycles. The van der Waals surface area contributed by atoms with Gasteiger partial charge in [-0.1, -0.05) is 25.0 Å². The number of nitrogens with zero attached hydrogens (tertiary/aromatic N) is 1. The van der Waals surface area contributed by atoms with Crippen LogP contribution in [0.2, 0.25) is 0 Å². The Morgan fingerprint density at radius 1 is 1.04 bits per heavy atom. The van der Waals surface area contributed by atoms with Crippen LogP contribution in [0.15, 0.2) is 23.1 Å². The monoisotopic (exact) mass is 387 g/mol. The maximum Gasteiger partial charge on any atom is 0.229 e. The first kappa shape index (κ1) is 18.9. The molecule has 146 valence electrons. The van der Waals surface area contributed by atoms with Crippen LogP contribution >= 0.6 is 11.8 Å². The second kappa shape index (κ2) is 8.26. The second-order valence-electron chi connectivity index (χ2n) is 8.25. The summed E-state index contributed by atoms with van der Waals surface area (Å²) in [7, 11) is 0. The van der Waals surface area contributed by atoms with Crippen molar-refractivity contribution in [1.82, 2.24) is 4.90 Å². The highest BCUT2D eigenvalue weighted by molar-refractivity contribution is 7.99.